The Labute approximate surface area is 91.6 Å². The number of hydrogen-bond donors (Lipinski definition) is 1. The summed E-state index contributed by atoms with van der Waals surface area (Å²) in [6, 6.07) is 5.47. The molecule has 2 aromatic rings. The summed E-state index contributed by atoms with van der Waals surface area (Å²) >= 11 is 0. The lowest BCUT2D eigenvalue weighted by Crippen LogP contribution is -2.00. The van der Waals surface area contributed by atoms with Crippen LogP contribution < -0.4 is 0 Å². The molecule has 0 aliphatic heterocycles. The van der Waals surface area contributed by atoms with Gasteiger partial charge in [0.05, 0.1) is 0 Å². The summed E-state index contributed by atoms with van der Waals surface area (Å²) < 4.78 is 1.41. The summed E-state index contributed by atoms with van der Waals surface area (Å²) in [4.78, 5) is 18.9. The monoisotopic (exact) mass is 218 g/mol. The quantitative estimate of drug-likeness (QED) is 0.809. The molecule has 0 bridgehead atoms. The van der Waals surface area contributed by atoms with Gasteiger partial charge < -0.3 is 5.11 Å². The van der Waals surface area contributed by atoms with Gasteiger partial charge in [0.1, 0.15) is 5.69 Å². The standard InChI is InChI=1S/C10H10N4O2/c1-6-4-3-5-7(11-6)9-12-8(10(15)16)13-14(9)2/h3-5H,1-2H3,(H,15,16). The second-order valence-electron chi connectivity index (χ2n) is 3.35. The number of aromatic carboxylic acids is 1. The van der Waals surface area contributed by atoms with Gasteiger partial charge >= 0.3 is 5.97 Å². The number of pyridine rings is 1. The van der Waals surface area contributed by atoms with E-state index >= 15 is 0 Å². The molecule has 0 spiro atoms. The van der Waals surface area contributed by atoms with E-state index in [9.17, 15) is 4.79 Å². The summed E-state index contributed by atoms with van der Waals surface area (Å²) in [7, 11) is 1.64. The molecule has 1 N–H and O–H groups in total. The third-order valence-electron chi connectivity index (χ3n) is 2.07. The Balaban J connectivity index is 2.52. The van der Waals surface area contributed by atoms with E-state index in [2.05, 4.69) is 15.1 Å². The minimum absolute atomic E-state index is 0.221. The Hall–Kier alpha value is -2.24. The molecule has 0 saturated carbocycles. The fourth-order valence-corrected chi connectivity index (χ4v) is 1.37. The lowest BCUT2D eigenvalue weighted by atomic mass is 10.3. The van der Waals surface area contributed by atoms with Crippen molar-refractivity contribution in [3.63, 3.8) is 0 Å². The largest absolute Gasteiger partial charge is 0.475 e. The molecule has 0 amide bonds. The fraction of sp³-hybridized carbons (Fsp3) is 0.200. The Kier molecular flexibility index (Phi) is 2.40. The zero-order valence-electron chi connectivity index (χ0n) is 8.88. The number of aromatic nitrogens is 4. The van der Waals surface area contributed by atoms with Crippen LogP contribution in [0.25, 0.3) is 11.5 Å². The van der Waals surface area contributed by atoms with Crippen LogP contribution in [0.4, 0.5) is 0 Å². The highest BCUT2D eigenvalue weighted by Crippen LogP contribution is 2.14. The lowest BCUT2D eigenvalue weighted by molar-refractivity contribution is 0.0683. The van der Waals surface area contributed by atoms with E-state index in [4.69, 9.17) is 5.11 Å². The van der Waals surface area contributed by atoms with Crippen LogP contribution in [0, 0.1) is 6.92 Å². The van der Waals surface area contributed by atoms with Crippen LogP contribution >= 0.6 is 0 Å². The smallest absolute Gasteiger partial charge is 0.375 e. The van der Waals surface area contributed by atoms with E-state index in [1.54, 1.807) is 13.1 Å². The molecule has 0 saturated heterocycles. The molecule has 0 aromatic carbocycles. The molecule has 16 heavy (non-hydrogen) atoms. The fourth-order valence-electron chi connectivity index (χ4n) is 1.37. The third kappa shape index (κ3) is 1.77. The minimum atomic E-state index is -1.14. The molecule has 6 nitrogen and oxygen atoms in total. The topological polar surface area (TPSA) is 80.9 Å². The van der Waals surface area contributed by atoms with Crippen molar-refractivity contribution in [1.29, 1.82) is 0 Å². The van der Waals surface area contributed by atoms with Crippen molar-refractivity contribution < 1.29 is 9.90 Å². The van der Waals surface area contributed by atoms with Crippen LogP contribution in [-0.2, 0) is 7.05 Å². The number of aryl methyl sites for hydroxylation is 2. The molecule has 0 radical (unpaired) electrons. The number of nitrogens with zero attached hydrogens (tertiary/aromatic N) is 4. The summed E-state index contributed by atoms with van der Waals surface area (Å²) in [5.74, 6) is -0.920. The van der Waals surface area contributed by atoms with Crippen LogP contribution in [0.15, 0.2) is 18.2 Å². The second-order valence-corrected chi connectivity index (χ2v) is 3.35. The number of carboxylic acids is 1. The highest BCUT2D eigenvalue weighted by molar-refractivity contribution is 5.83. The Bertz CT molecular complexity index is 548. The first-order chi connectivity index (χ1) is 7.58. The van der Waals surface area contributed by atoms with Crippen molar-refractivity contribution in [2.24, 2.45) is 7.05 Å². The van der Waals surface area contributed by atoms with Gasteiger partial charge in [-0.25, -0.2) is 14.5 Å². The van der Waals surface area contributed by atoms with E-state index in [0.29, 0.717) is 11.5 Å². The van der Waals surface area contributed by atoms with Gasteiger partial charge in [0, 0.05) is 12.7 Å². The zero-order valence-corrected chi connectivity index (χ0v) is 8.88. The first kappa shape index (κ1) is 10.3. The van der Waals surface area contributed by atoms with Crippen molar-refractivity contribution in [2.45, 2.75) is 6.92 Å². The lowest BCUT2D eigenvalue weighted by Gasteiger charge is -1.99. The van der Waals surface area contributed by atoms with Crippen LogP contribution in [-0.4, -0.2) is 30.8 Å². The maximum atomic E-state index is 10.7. The average molecular weight is 218 g/mol. The Morgan fingerprint density at radius 2 is 2.12 bits per heavy atom. The number of carbonyl (C=O) groups is 1. The van der Waals surface area contributed by atoms with Crippen LogP contribution in [0.2, 0.25) is 0 Å². The van der Waals surface area contributed by atoms with Gasteiger partial charge in [0.15, 0.2) is 5.82 Å². The normalized spacial score (nSPS) is 10.4. The third-order valence-corrected chi connectivity index (χ3v) is 2.07. The molecule has 0 unspecified atom stereocenters. The predicted molar refractivity (Wildman–Crippen MR) is 55.9 cm³/mol. The number of rotatable bonds is 2. The van der Waals surface area contributed by atoms with E-state index in [1.165, 1.54) is 4.68 Å². The molecule has 2 aromatic heterocycles. The van der Waals surface area contributed by atoms with Crippen molar-refractivity contribution in [3.05, 3.63) is 29.7 Å². The van der Waals surface area contributed by atoms with E-state index < -0.39 is 5.97 Å². The summed E-state index contributed by atoms with van der Waals surface area (Å²) in [5, 5.41) is 12.5. The molecule has 0 aliphatic carbocycles. The second kappa shape index (κ2) is 3.73. The van der Waals surface area contributed by atoms with Gasteiger partial charge in [0.2, 0.25) is 0 Å². The first-order valence-corrected chi connectivity index (χ1v) is 4.66. The molecular weight excluding hydrogens is 208 g/mol. The van der Waals surface area contributed by atoms with Gasteiger partial charge in [-0.2, -0.15) is 4.98 Å². The molecule has 0 atom stereocenters. The predicted octanol–water partition coefficient (Wildman–Crippen LogP) is 0.884. The summed E-state index contributed by atoms with van der Waals surface area (Å²) in [6.07, 6.45) is 0. The van der Waals surface area contributed by atoms with Crippen molar-refractivity contribution in [3.8, 4) is 11.5 Å². The maximum absolute atomic E-state index is 10.7. The molecule has 0 aliphatic rings. The molecule has 6 heteroatoms. The summed E-state index contributed by atoms with van der Waals surface area (Å²) in [5.41, 5.74) is 1.46. The molecule has 0 fully saturated rings. The van der Waals surface area contributed by atoms with E-state index in [-0.39, 0.29) is 5.82 Å². The zero-order chi connectivity index (χ0) is 11.7. The Morgan fingerprint density at radius 1 is 1.38 bits per heavy atom. The van der Waals surface area contributed by atoms with Gasteiger partial charge in [0.25, 0.3) is 5.82 Å². The van der Waals surface area contributed by atoms with E-state index in [0.717, 1.165) is 5.69 Å². The SMILES string of the molecule is Cc1cccc(-c2nc(C(=O)O)nn2C)n1. The van der Waals surface area contributed by atoms with E-state index in [1.807, 2.05) is 19.1 Å². The molecule has 2 heterocycles. The van der Waals surface area contributed by atoms with Gasteiger partial charge in [-0.1, -0.05) is 6.07 Å². The minimum Gasteiger partial charge on any atom is -0.475 e. The van der Waals surface area contributed by atoms with Crippen molar-refractivity contribution >= 4 is 5.97 Å². The highest BCUT2D eigenvalue weighted by Gasteiger charge is 2.15. The number of carboxylic acid groups (broad SMARTS) is 1. The average Bonchev–Trinajstić information content (AvgIpc) is 2.60. The van der Waals surface area contributed by atoms with Gasteiger partial charge in [-0.05, 0) is 19.1 Å². The van der Waals surface area contributed by atoms with Gasteiger partial charge in [-0.3, -0.25) is 0 Å². The summed E-state index contributed by atoms with van der Waals surface area (Å²) in [6.45, 7) is 1.86. The van der Waals surface area contributed by atoms with Crippen molar-refractivity contribution in [1.82, 2.24) is 19.7 Å². The van der Waals surface area contributed by atoms with Crippen molar-refractivity contribution in [2.75, 3.05) is 0 Å². The molecular formula is C10H10N4O2. The van der Waals surface area contributed by atoms with Crippen LogP contribution in [0.3, 0.4) is 0 Å². The number of hydrogen-bond acceptors (Lipinski definition) is 4. The maximum Gasteiger partial charge on any atom is 0.375 e. The Morgan fingerprint density at radius 3 is 2.69 bits per heavy atom. The molecule has 2 rings (SSSR count). The van der Waals surface area contributed by atoms with Crippen LogP contribution in [0.1, 0.15) is 16.3 Å². The molecule has 82 valence electrons. The first-order valence-electron chi connectivity index (χ1n) is 4.66. The van der Waals surface area contributed by atoms with Crippen LogP contribution in [0.5, 0.6) is 0 Å². The highest BCUT2D eigenvalue weighted by atomic mass is 16.4. The van der Waals surface area contributed by atoms with Gasteiger partial charge in [-0.15, -0.1) is 5.10 Å².